The number of hydrogen-bond acceptors (Lipinski definition) is 3. The molecule has 0 aliphatic carbocycles. The highest BCUT2D eigenvalue weighted by Crippen LogP contribution is 2.23. The van der Waals surface area contributed by atoms with Crippen molar-refractivity contribution in [1.29, 1.82) is 0 Å². The maximum absolute atomic E-state index is 3.26. The second kappa shape index (κ2) is 7.32. The Morgan fingerprint density at radius 1 is 0.955 bits per heavy atom. The highest BCUT2D eigenvalue weighted by atomic mass is 15.3. The van der Waals surface area contributed by atoms with Gasteiger partial charge in [-0.25, -0.2) is 5.43 Å². The van der Waals surface area contributed by atoms with E-state index in [4.69, 9.17) is 0 Å². The fraction of sp³-hybridized carbons (Fsp3) is 0.368. The topological polar surface area (TPSA) is 27.3 Å². The van der Waals surface area contributed by atoms with Crippen LogP contribution in [0.25, 0.3) is 0 Å². The number of nitrogens with zero attached hydrogens (tertiary/aromatic N) is 1. The first-order valence-electron chi connectivity index (χ1n) is 8.19. The monoisotopic (exact) mass is 295 g/mol. The lowest BCUT2D eigenvalue weighted by molar-refractivity contribution is 0.438. The quantitative estimate of drug-likeness (QED) is 0.815. The molecule has 2 aromatic rings. The summed E-state index contributed by atoms with van der Waals surface area (Å²) in [7, 11) is 0. The zero-order valence-corrected chi connectivity index (χ0v) is 13.3. The zero-order valence-electron chi connectivity index (χ0n) is 13.3. The van der Waals surface area contributed by atoms with Crippen LogP contribution in [0, 0.1) is 5.92 Å². The van der Waals surface area contributed by atoms with Crippen LogP contribution in [-0.2, 0) is 6.54 Å². The molecule has 0 bridgehead atoms. The lowest BCUT2D eigenvalue weighted by Gasteiger charge is -2.32. The number of para-hydroxylation sites is 1. The number of hydrogen-bond donors (Lipinski definition) is 2. The van der Waals surface area contributed by atoms with E-state index in [1.54, 1.807) is 0 Å². The van der Waals surface area contributed by atoms with Crippen molar-refractivity contribution >= 4 is 11.4 Å². The molecule has 2 aromatic carbocycles. The van der Waals surface area contributed by atoms with E-state index < -0.39 is 0 Å². The molecule has 1 heterocycles. The fourth-order valence-electron chi connectivity index (χ4n) is 2.86. The molecule has 2 N–H and O–H groups in total. The average Bonchev–Trinajstić information content (AvgIpc) is 2.57. The molecule has 1 aliphatic rings. The van der Waals surface area contributed by atoms with E-state index in [1.807, 2.05) is 30.3 Å². The summed E-state index contributed by atoms with van der Waals surface area (Å²) in [6, 6.07) is 19.1. The number of anilines is 2. The van der Waals surface area contributed by atoms with E-state index in [-0.39, 0.29) is 0 Å². The summed E-state index contributed by atoms with van der Waals surface area (Å²) < 4.78 is 0. The Labute approximate surface area is 133 Å². The van der Waals surface area contributed by atoms with Gasteiger partial charge in [0.2, 0.25) is 0 Å². The second-order valence-corrected chi connectivity index (χ2v) is 6.18. The summed E-state index contributed by atoms with van der Waals surface area (Å²) in [6.45, 7) is 5.54. The third-order valence-corrected chi connectivity index (χ3v) is 4.38. The van der Waals surface area contributed by atoms with Gasteiger partial charge < -0.3 is 10.3 Å². The van der Waals surface area contributed by atoms with E-state index in [1.165, 1.54) is 37.2 Å². The Balaban J connectivity index is 1.49. The largest absolute Gasteiger partial charge is 0.372 e. The molecule has 116 valence electrons. The van der Waals surface area contributed by atoms with Crippen molar-refractivity contribution in [3.05, 3.63) is 60.2 Å². The van der Waals surface area contributed by atoms with E-state index >= 15 is 0 Å². The van der Waals surface area contributed by atoms with Crippen molar-refractivity contribution in [1.82, 2.24) is 5.43 Å². The average molecular weight is 295 g/mol. The van der Waals surface area contributed by atoms with Crippen LogP contribution in [-0.4, -0.2) is 13.1 Å². The minimum absolute atomic E-state index is 0.812. The molecule has 22 heavy (non-hydrogen) atoms. The molecular formula is C19H25N3. The Kier molecular flexibility index (Phi) is 4.96. The predicted molar refractivity (Wildman–Crippen MR) is 94.0 cm³/mol. The van der Waals surface area contributed by atoms with Gasteiger partial charge in [0.1, 0.15) is 0 Å². The number of rotatable bonds is 5. The SMILES string of the molecule is CC1CCN(c2ccc(CNNc3ccccc3)cc2)CC1. The fourth-order valence-corrected chi connectivity index (χ4v) is 2.86. The Morgan fingerprint density at radius 3 is 2.32 bits per heavy atom. The maximum atomic E-state index is 3.26. The van der Waals surface area contributed by atoms with Gasteiger partial charge >= 0.3 is 0 Å². The van der Waals surface area contributed by atoms with Crippen LogP contribution < -0.4 is 15.8 Å². The smallest absolute Gasteiger partial charge is 0.0487 e. The number of hydrazine groups is 1. The zero-order chi connectivity index (χ0) is 15.2. The first-order valence-corrected chi connectivity index (χ1v) is 8.19. The lowest BCUT2D eigenvalue weighted by Crippen LogP contribution is -2.32. The van der Waals surface area contributed by atoms with Crippen molar-refractivity contribution in [2.24, 2.45) is 5.92 Å². The van der Waals surface area contributed by atoms with Crippen LogP contribution in [0.15, 0.2) is 54.6 Å². The molecule has 0 unspecified atom stereocenters. The van der Waals surface area contributed by atoms with Crippen LogP contribution in [0.2, 0.25) is 0 Å². The molecule has 3 heteroatoms. The normalized spacial score (nSPS) is 15.8. The molecular weight excluding hydrogens is 270 g/mol. The standard InChI is InChI=1S/C19H25N3/c1-16-11-13-22(14-12-16)19-9-7-17(8-10-19)15-20-21-18-5-3-2-4-6-18/h2-10,16,20-21H,11-15H2,1H3. The number of nitrogens with one attached hydrogen (secondary N) is 2. The van der Waals surface area contributed by atoms with Crippen molar-refractivity contribution in [3.8, 4) is 0 Å². The molecule has 0 atom stereocenters. The van der Waals surface area contributed by atoms with Gasteiger partial charge in [-0.15, -0.1) is 0 Å². The molecule has 0 saturated carbocycles. The predicted octanol–water partition coefficient (Wildman–Crippen LogP) is 4.04. The third-order valence-electron chi connectivity index (χ3n) is 4.38. The minimum Gasteiger partial charge on any atom is -0.372 e. The number of piperidine rings is 1. The summed E-state index contributed by atoms with van der Waals surface area (Å²) in [6.07, 6.45) is 2.62. The maximum Gasteiger partial charge on any atom is 0.0487 e. The summed E-state index contributed by atoms with van der Waals surface area (Å²) in [5.74, 6) is 0.879. The Hall–Kier alpha value is -2.00. The first-order chi connectivity index (χ1) is 10.8. The van der Waals surface area contributed by atoms with Crippen LogP contribution in [0.1, 0.15) is 25.3 Å². The summed E-state index contributed by atoms with van der Waals surface area (Å²) in [4.78, 5) is 2.50. The summed E-state index contributed by atoms with van der Waals surface area (Å²) in [5.41, 5.74) is 10.2. The molecule has 0 radical (unpaired) electrons. The van der Waals surface area contributed by atoms with Crippen LogP contribution in [0.5, 0.6) is 0 Å². The van der Waals surface area contributed by atoms with Gasteiger partial charge in [0.15, 0.2) is 0 Å². The highest BCUT2D eigenvalue weighted by molar-refractivity contribution is 5.48. The number of benzene rings is 2. The molecule has 0 aromatic heterocycles. The van der Waals surface area contributed by atoms with Crippen LogP contribution in [0.4, 0.5) is 11.4 Å². The van der Waals surface area contributed by atoms with Gasteiger partial charge in [-0.2, -0.15) is 0 Å². The molecule has 0 amide bonds. The second-order valence-electron chi connectivity index (χ2n) is 6.18. The summed E-state index contributed by atoms with van der Waals surface area (Å²) >= 11 is 0. The Morgan fingerprint density at radius 2 is 1.64 bits per heavy atom. The summed E-state index contributed by atoms with van der Waals surface area (Å²) in [5, 5.41) is 0. The van der Waals surface area contributed by atoms with Gasteiger partial charge in [0, 0.05) is 31.0 Å². The minimum atomic E-state index is 0.812. The third kappa shape index (κ3) is 4.01. The van der Waals surface area contributed by atoms with Gasteiger partial charge in [-0.3, -0.25) is 0 Å². The van der Waals surface area contributed by atoms with Gasteiger partial charge in [-0.05, 0) is 48.6 Å². The molecule has 1 fully saturated rings. The van der Waals surface area contributed by atoms with Crippen LogP contribution in [0.3, 0.4) is 0 Å². The van der Waals surface area contributed by atoms with E-state index in [0.29, 0.717) is 0 Å². The van der Waals surface area contributed by atoms with Crippen molar-refractivity contribution in [2.45, 2.75) is 26.3 Å². The van der Waals surface area contributed by atoms with Crippen molar-refractivity contribution in [3.63, 3.8) is 0 Å². The van der Waals surface area contributed by atoms with E-state index in [2.05, 4.69) is 46.9 Å². The van der Waals surface area contributed by atoms with E-state index in [0.717, 1.165) is 18.2 Å². The van der Waals surface area contributed by atoms with Gasteiger partial charge in [-0.1, -0.05) is 37.3 Å². The Bertz CT molecular complexity index is 557. The first kappa shape index (κ1) is 14.9. The van der Waals surface area contributed by atoms with Gasteiger partial charge in [0.25, 0.3) is 0 Å². The van der Waals surface area contributed by atoms with Crippen molar-refractivity contribution in [2.75, 3.05) is 23.4 Å². The van der Waals surface area contributed by atoms with Crippen molar-refractivity contribution < 1.29 is 0 Å². The van der Waals surface area contributed by atoms with E-state index in [9.17, 15) is 0 Å². The molecule has 3 rings (SSSR count). The molecule has 0 spiro atoms. The molecule has 3 nitrogen and oxygen atoms in total. The molecule has 1 aliphatic heterocycles. The van der Waals surface area contributed by atoms with Crippen LogP contribution >= 0.6 is 0 Å². The lowest BCUT2D eigenvalue weighted by atomic mass is 9.99. The highest BCUT2D eigenvalue weighted by Gasteiger charge is 2.15. The van der Waals surface area contributed by atoms with Gasteiger partial charge in [0.05, 0.1) is 0 Å². The molecule has 1 saturated heterocycles.